The first-order chi connectivity index (χ1) is 8.64. The molecule has 96 valence electrons. The van der Waals surface area contributed by atoms with Crippen molar-refractivity contribution in [2.24, 2.45) is 0 Å². The molecular weight excluding hydrogens is 300 g/mol. The van der Waals surface area contributed by atoms with E-state index in [1.807, 2.05) is 18.2 Å². The minimum absolute atomic E-state index is 0.369. The Morgan fingerprint density at radius 2 is 2.33 bits per heavy atom. The third-order valence-electron chi connectivity index (χ3n) is 3.14. The zero-order valence-corrected chi connectivity index (χ0v) is 11.4. The quantitative estimate of drug-likeness (QED) is 0.814. The molecule has 0 spiro atoms. The smallest absolute Gasteiger partial charge is 0.251 e. The molecule has 0 bridgehead atoms. The first kappa shape index (κ1) is 13.0. The summed E-state index contributed by atoms with van der Waals surface area (Å²) < 4.78 is 6.43. The summed E-state index contributed by atoms with van der Waals surface area (Å²) in [6.45, 7) is 0.413. The zero-order chi connectivity index (χ0) is 13.2. The first-order valence-electron chi connectivity index (χ1n) is 5.50. The van der Waals surface area contributed by atoms with Gasteiger partial charge in [-0.25, -0.2) is 0 Å². The molecule has 5 nitrogen and oxygen atoms in total. The van der Waals surface area contributed by atoms with Crippen molar-refractivity contribution in [1.82, 2.24) is 10.6 Å². The number of likely N-dealkylation sites (N-methyl/N-ethyl adjacent to an activating group) is 1. The average molecular weight is 313 g/mol. The molecule has 18 heavy (non-hydrogen) atoms. The summed E-state index contributed by atoms with van der Waals surface area (Å²) in [5.41, 5.74) is -0.186. The molecule has 2 rings (SSSR count). The number of carbonyl (C=O) groups is 2. The SMILES string of the molecule is CNC1(C(=O)NC=O)CCOc2cc(Br)ccc21. The molecule has 2 amide bonds. The molecule has 0 saturated heterocycles. The lowest BCUT2D eigenvalue weighted by Gasteiger charge is -2.36. The Labute approximate surface area is 113 Å². The Morgan fingerprint density at radius 3 is 3.00 bits per heavy atom. The van der Waals surface area contributed by atoms with Crippen molar-refractivity contribution in [1.29, 1.82) is 0 Å². The number of carbonyl (C=O) groups excluding carboxylic acids is 2. The predicted octanol–water partition coefficient (Wildman–Crippen LogP) is 0.919. The van der Waals surface area contributed by atoms with Crippen LogP contribution >= 0.6 is 15.9 Å². The average Bonchev–Trinajstić information content (AvgIpc) is 2.37. The summed E-state index contributed by atoms with van der Waals surface area (Å²) in [4.78, 5) is 22.6. The molecule has 1 heterocycles. The van der Waals surface area contributed by atoms with Crippen molar-refractivity contribution >= 4 is 28.2 Å². The topological polar surface area (TPSA) is 67.4 Å². The Kier molecular flexibility index (Phi) is 3.68. The van der Waals surface area contributed by atoms with Gasteiger partial charge >= 0.3 is 0 Å². The second kappa shape index (κ2) is 5.07. The van der Waals surface area contributed by atoms with E-state index < -0.39 is 5.54 Å². The fourth-order valence-electron chi connectivity index (χ4n) is 2.20. The van der Waals surface area contributed by atoms with E-state index in [1.165, 1.54) is 0 Å². The number of nitrogens with one attached hydrogen (secondary N) is 2. The van der Waals surface area contributed by atoms with Crippen LogP contribution in [0.15, 0.2) is 22.7 Å². The van der Waals surface area contributed by atoms with Gasteiger partial charge in [-0.2, -0.15) is 0 Å². The van der Waals surface area contributed by atoms with E-state index >= 15 is 0 Å². The van der Waals surface area contributed by atoms with Crippen LogP contribution in [-0.2, 0) is 15.1 Å². The maximum Gasteiger partial charge on any atom is 0.251 e. The van der Waals surface area contributed by atoms with Gasteiger partial charge in [0.2, 0.25) is 6.41 Å². The third-order valence-corrected chi connectivity index (χ3v) is 3.64. The van der Waals surface area contributed by atoms with Crippen molar-refractivity contribution < 1.29 is 14.3 Å². The van der Waals surface area contributed by atoms with Gasteiger partial charge < -0.3 is 10.1 Å². The lowest BCUT2D eigenvalue weighted by molar-refractivity contribution is -0.132. The van der Waals surface area contributed by atoms with Crippen LogP contribution in [0.25, 0.3) is 0 Å². The third kappa shape index (κ3) is 2.02. The van der Waals surface area contributed by atoms with E-state index in [0.717, 1.165) is 10.0 Å². The van der Waals surface area contributed by atoms with Crippen LogP contribution in [0.2, 0.25) is 0 Å². The molecule has 0 saturated carbocycles. The number of benzene rings is 1. The van der Waals surface area contributed by atoms with Gasteiger partial charge in [-0.1, -0.05) is 22.0 Å². The van der Waals surface area contributed by atoms with Crippen molar-refractivity contribution in [3.05, 3.63) is 28.2 Å². The summed E-state index contributed by atoms with van der Waals surface area (Å²) in [7, 11) is 1.70. The Hall–Kier alpha value is -1.40. The monoisotopic (exact) mass is 312 g/mol. The van der Waals surface area contributed by atoms with Crippen LogP contribution in [0, 0.1) is 0 Å². The van der Waals surface area contributed by atoms with Crippen molar-refractivity contribution in [2.45, 2.75) is 12.0 Å². The molecule has 0 radical (unpaired) electrons. The zero-order valence-electron chi connectivity index (χ0n) is 9.83. The highest BCUT2D eigenvalue weighted by Gasteiger charge is 2.43. The fraction of sp³-hybridized carbons (Fsp3) is 0.333. The van der Waals surface area contributed by atoms with Gasteiger partial charge in [0.05, 0.1) is 6.61 Å². The van der Waals surface area contributed by atoms with E-state index in [2.05, 4.69) is 26.6 Å². The first-order valence-corrected chi connectivity index (χ1v) is 6.29. The number of halogens is 1. The van der Waals surface area contributed by atoms with Gasteiger partial charge in [0.15, 0.2) is 0 Å². The highest BCUT2D eigenvalue weighted by molar-refractivity contribution is 9.10. The highest BCUT2D eigenvalue weighted by atomic mass is 79.9. The normalized spacial score (nSPS) is 21.7. The van der Waals surface area contributed by atoms with E-state index in [9.17, 15) is 9.59 Å². The van der Waals surface area contributed by atoms with E-state index in [4.69, 9.17) is 4.74 Å². The Morgan fingerprint density at radius 1 is 1.56 bits per heavy atom. The molecule has 1 atom stereocenters. The summed E-state index contributed by atoms with van der Waals surface area (Å²) in [6, 6.07) is 5.47. The van der Waals surface area contributed by atoms with E-state index in [-0.39, 0.29) is 5.91 Å². The van der Waals surface area contributed by atoms with Crippen LogP contribution in [-0.4, -0.2) is 26.0 Å². The van der Waals surface area contributed by atoms with Gasteiger partial charge in [0.25, 0.3) is 5.91 Å². The minimum Gasteiger partial charge on any atom is -0.493 e. The second-order valence-electron chi connectivity index (χ2n) is 3.99. The number of rotatable bonds is 3. The molecule has 1 aromatic rings. The van der Waals surface area contributed by atoms with E-state index in [1.54, 1.807) is 7.05 Å². The number of hydrogen-bond acceptors (Lipinski definition) is 4. The van der Waals surface area contributed by atoms with Crippen LogP contribution in [0.1, 0.15) is 12.0 Å². The Balaban J connectivity index is 2.51. The molecule has 1 aliphatic rings. The number of hydrogen-bond donors (Lipinski definition) is 2. The van der Waals surface area contributed by atoms with Gasteiger partial charge in [-0.05, 0) is 19.2 Å². The Bertz CT molecular complexity index is 492. The van der Waals surface area contributed by atoms with E-state index in [0.29, 0.717) is 25.2 Å². The lowest BCUT2D eigenvalue weighted by Crippen LogP contribution is -2.55. The number of imide groups is 1. The fourth-order valence-corrected chi connectivity index (χ4v) is 2.54. The summed E-state index contributed by atoms with van der Waals surface area (Å²) in [6.07, 6.45) is 0.868. The molecule has 1 aromatic carbocycles. The van der Waals surface area contributed by atoms with Crippen LogP contribution in [0.4, 0.5) is 0 Å². The van der Waals surface area contributed by atoms with Gasteiger partial charge in [0.1, 0.15) is 11.3 Å². The number of fused-ring (bicyclic) bond motifs is 1. The standard InChI is InChI=1S/C12H13BrN2O3/c1-14-12(11(17)15-7-16)4-5-18-10-6-8(13)2-3-9(10)12/h2-3,6-7,14H,4-5H2,1H3,(H,15,16,17). The van der Waals surface area contributed by atoms with Crippen LogP contribution in [0.3, 0.4) is 0 Å². The maximum absolute atomic E-state index is 12.1. The largest absolute Gasteiger partial charge is 0.493 e. The molecule has 0 fully saturated rings. The van der Waals surface area contributed by atoms with Gasteiger partial charge in [-0.3, -0.25) is 14.9 Å². The predicted molar refractivity (Wildman–Crippen MR) is 69.2 cm³/mol. The maximum atomic E-state index is 12.1. The van der Waals surface area contributed by atoms with Crippen LogP contribution < -0.4 is 15.4 Å². The lowest BCUT2D eigenvalue weighted by atomic mass is 9.83. The summed E-state index contributed by atoms with van der Waals surface area (Å²) in [5.74, 6) is 0.276. The molecule has 1 aliphatic heterocycles. The van der Waals surface area contributed by atoms with Gasteiger partial charge in [0, 0.05) is 16.5 Å². The number of ether oxygens (including phenoxy) is 1. The molecule has 0 aromatic heterocycles. The molecule has 1 unspecified atom stereocenters. The summed E-state index contributed by atoms with van der Waals surface area (Å²) >= 11 is 3.36. The molecule has 6 heteroatoms. The second-order valence-corrected chi connectivity index (χ2v) is 4.90. The van der Waals surface area contributed by atoms with Crippen molar-refractivity contribution in [3.63, 3.8) is 0 Å². The minimum atomic E-state index is -0.921. The van der Waals surface area contributed by atoms with Crippen LogP contribution in [0.5, 0.6) is 5.75 Å². The molecular formula is C12H13BrN2O3. The van der Waals surface area contributed by atoms with Gasteiger partial charge in [-0.15, -0.1) is 0 Å². The van der Waals surface area contributed by atoms with Crippen molar-refractivity contribution in [3.8, 4) is 5.75 Å². The molecule has 2 N–H and O–H groups in total. The molecule has 0 aliphatic carbocycles. The van der Waals surface area contributed by atoms with Crippen molar-refractivity contribution in [2.75, 3.05) is 13.7 Å². The number of amides is 2. The summed E-state index contributed by atoms with van der Waals surface area (Å²) in [5, 5.41) is 5.22. The highest BCUT2D eigenvalue weighted by Crippen LogP contribution is 2.38.